The second kappa shape index (κ2) is 11.4. The Morgan fingerprint density at radius 3 is 2.03 bits per heavy atom. The van der Waals surface area contributed by atoms with Crippen LogP contribution in [0.25, 0.3) is 5.57 Å². The standard InChI is InChI=1S/C29H25F4NO2/c30-28(31)21-11-7-19(8-12-21)24(20-9-13-22(14-10-20)29(32)33)4-2-6-27(36)34-26-5-1-3-18-15-16-23(35)17-25(18)26/h1-14,23,28-29,35H,15-17H2,(H,34,36)/b6-2+. The monoisotopic (exact) mass is 495 g/mol. The summed E-state index contributed by atoms with van der Waals surface area (Å²) in [5, 5.41) is 12.9. The normalized spacial score (nSPS) is 15.2. The van der Waals surface area contributed by atoms with Gasteiger partial charge in [-0.1, -0.05) is 72.8 Å². The average molecular weight is 496 g/mol. The molecule has 0 fully saturated rings. The molecular formula is C29H25F4NO2. The number of amides is 1. The summed E-state index contributed by atoms with van der Waals surface area (Å²) in [4.78, 5) is 12.6. The quantitative estimate of drug-likeness (QED) is 0.210. The van der Waals surface area contributed by atoms with Crippen molar-refractivity contribution in [1.29, 1.82) is 0 Å². The Hall–Kier alpha value is -3.71. The molecule has 4 rings (SSSR count). The third-order valence-corrected chi connectivity index (χ3v) is 6.18. The van der Waals surface area contributed by atoms with Crippen molar-refractivity contribution in [3.63, 3.8) is 0 Å². The molecule has 0 saturated carbocycles. The number of fused-ring (bicyclic) bond motifs is 1. The first-order valence-corrected chi connectivity index (χ1v) is 11.6. The number of carbonyl (C=O) groups excluding carboxylic acids is 1. The van der Waals surface area contributed by atoms with E-state index in [1.807, 2.05) is 12.1 Å². The van der Waals surface area contributed by atoms with Crippen molar-refractivity contribution < 1.29 is 27.5 Å². The van der Waals surface area contributed by atoms with Gasteiger partial charge >= 0.3 is 0 Å². The molecule has 1 atom stereocenters. The summed E-state index contributed by atoms with van der Waals surface area (Å²) in [6.45, 7) is 0. The van der Waals surface area contributed by atoms with Gasteiger partial charge in [0.2, 0.25) is 5.91 Å². The fraction of sp³-hybridized carbons (Fsp3) is 0.207. The molecule has 3 aromatic carbocycles. The van der Waals surface area contributed by atoms with Gasteiger partial charge in [0.05, 0.1) is 6.10 Å². The van der Waals surface area contributed by atoms with Gasteiger partial charge in [0, 0.05) is 29.3 Å². The van der Waals surface area contributed by atoms with Crippen LogP contribution in [0.15, 0.2) is 85.0 Å². The van der Waals surface area contributed by atoms with E-state index >= 15 is 0 Å². The first kappa shape index (κ1) is 25.4. The van der Waals surface area contributed by atoms with Gasteiger partial charge in [-0.3, -0.25) is 4.79 Å². The number of aliphatic hydroxyl groups is 1. The lowest BCUT2D eigenvalue weighted by Gasteiger charge is -2.23. The van der Waals surface area contributed by atoms with Crippen LogP contribution in [0.4, 0.5) is 23.2 Å². The van der Waals surface area contributed by atoms with E-state index in [2.05, 4.69) is 5.32 Å². The molecule has 1 aliphatic rings. The number of anilines is 1. The Morgan fingerprint density at radius 1 is 0.889 bits per heavy atom. The van der Waals surface area contributed by atoms with Crippen LogP contribution in [0.3, 0.4) is 0 Å². The zero-order chi connectivity index (χ0) is 25.7. The van der Waals surface area contributed by atoms with E-state index < -0.39 is 19.0 Å². The molecule has 0 aliphatic heterocycles. The fourth-order valence-corrected chi connectivity index (χ4v) is 4.27. The molecule has 0 heterocycles. The third-order valence-electron chi connectivity index (χ3n) is 6.18. The lowest BCUT2D eigenvalue weighted by molar-refractivity contribution is -0.111. The molecule has 0 aromatic heterocycles. The van der Waals surface area contributed by atoms with Crippen LogP contribution in [-0.2, 0) is 17.6 Å². The summed E-state index contributed by atoms with van der Waals surface area (Å²) in [7, 11) is 0. The summed E-state index contributed by atoms with van der Waals surface area (Å²) >= 11 is 0. The van der Waals surface area contributed by atoms with Crippen molar-refractivity contribution in [3.05, 3.63) is 118 Å². The molecule has 1 unspecified atom stereocenters. The molecule has 186 valence electrons. The minimum Gasteiger partial charge on any atom is -0.393 e. The molecule has 3 aromatic rings. The molecule has 0 spiro atoms. The van der Waals surface area contributed by atoms with Crippen LogP contribution in [0, 0.1) is 0 Å². The van der Waals surface area contributed by atoms with Gasteiger partial charge < -0.3 is 10.4 Å². The maximum Gasteiger partial charge on any atom is 0.263 e. The van der Waals surface area contributed by atoms with E-state index in [4.69, 9.17) is 0 Å². The number of carbonyl (C=O) groups is 1. The van der Waals surface area contributed by atoms with Gasteiger partial charge in [0.1, 0.15) is 0 Å². The summed E-state index contributed by atoms with van der Waals surface area (Å²) in [6.07, 6.45) is 0.753. The Kier molecular flexibility index (Phi) is 8.00. The number of nitrogens with one attached hydrogen (secondary N) is 1. The average Bonchev–Trinajstić information content (AvgIpc) is 2.87. The predicted molar refractivity (Wildman–Crippen MR) is 132 cm³/mol. The van der Waals surface area contributed by atoms with E-state index in [9.17, 15) is 27.5 Å². The molecule has 7 heteroatoms. The van der Waals surface area contributed by atoms with E-state index in [0.717, 1.165) is 17.5 Å². The highest BCUT2D eigenvalue weighted by atomic mass is 19.3. The maximum absolute atomic E-state index is 13.0. The van der Waals surface area contributed by atoms with Crippen LogP contribution in [0.5, 0.6) is 0 Å². The van der Waals surface area contributed by atoms with Crippen molar-refractivity contribution >= 4 is 17.2 Å². The number of hydrogen-bond donors (Lipinski definition) is 2. The number of halogens is 4. The zero-order valence-electron chi connectivity index (χ0n) is 19.3. The van der Waals surface area contributed by atoms with Gasteiger partial charge in [0.15, 0.2) is 0 Å². The second-order valence-electron chi connectivity index (χ2n) is 8.61. The lowest BCUT2D eigenvalue weighted by atomic mass is 9.88. The van der Waals surface area contributed by atoms with Crippen LogP contribution >= 0.6 is 0 Å². The first-order chi connectivity index (χ1) is 17.3. The molecule has 0 bridgehead atoms. The Morgan fingerprint density at radius 2 is 1.47 bits per heavy atom. The number of aryl methyl sites for hydroxylation is 1. The number of allylic oxidation sites excluding steroid dienone is 2. The van der Waals surface area contributed by atoms with Crippen LogP contribution in [-0.4, -0.2) is 17.1 Å². The van der Waals surface area contributed by atoms with Crippen molar-refractivity contribution in [2.45, 2.75) is 38.2 Å². The topological polar surface area (TPSA) is 49.3 Å². The molecule has 1 aliphatic carbocycles. The number of hydrogen-bond acceptors (Lipinski definition) is 2. The SMILES string of the molecule is O=C(/C=C/C=C(c1ccc(C(F)F)cc1)c1ccc(C(F)F)cc1)Nc1cccc2c1CC(O)CC2. The molecule has 0 saturated heterocycles. The van der Waals surface area contributed by atoms with Gasteiger partial charge in [-0.2, -0.15) is 0 Å². The predicted octanol–water partition coefficient (Wildman–Crippen LogP) is 7.04. The number of aliphatic hydroxyl groups excluding tert-OH is 1. The van der Waals surface area contributed by atoms with Gasteiger partial charge in [-0.25, -0.2) is 17.6 Å². The summed E-state index contributed by atoms with van der Waals surface area (Å²) in [6, 6.07) is 17.0. The molecule has 0 radical (unpaired) electrons. The summed E-state index contributed by atoms with van der Waals surface area (Å²) < 4.78 is 51.9. The lowest BCUT2D eigenvalue weighted by Crippen LogP contribution is -2.21. The van der Waals surface area contributed by atoms with Crippen molar-refractivity contribution in [2.75, 3.05) is 5.32 Å². The maximum atomic E-state index is 13.0. The van der Waals surface area contributed by atoms with Gasteiger partial charge in [0.25, 0.3) is 12.9 Å². The van der Waals surface area contributed by atoms with Gasteiger partial charge in [-0.05, 0) is 46.7 Å². The van der Waals surface area contributed by atoms with E-state index in [-0.39, 0.29) is 17.0 Å². The van der Waals surface area contributed by atoms with Gasteiger partial charge in [-0.15, -0.1) is 0 Å². The molecule has 3 nitrogen and oxygen atoms in total. The van der Waals surface area contributed by atoms with Crippen LogP contribution in [0.1, 0.15) is 52.7 Å². The van der Waals surface area contributed by atoms with Crippen molar-refractivity contribution in [2.24, 2.45) is 0 Å². The smallest absolute Gasteiger partial charge is 0.263 e. The summed E-state index contributed by atoms with van der Waals surface area (Å²) in [5.41, 5.74) is 4.20. The summed E-state index contributed by atoms with van der Waals surface area (Å²) in [5.74, 6) is -0.375. The zero-order valence-corrected chi connectivity index (χ0v) is 19.3. The molecule has 36 heavy (non-hydrogen) atoms. The van der Waals surface area contributed by atoms with E-state index in [1.165, 1.54) is 60.7 Å². The number of benzene rings is 3. The number of rotatable bonds is 7. The third kappa shape index (κ3) is 6.10. The fourth-order valence-electron chi connectivity index (χ4n) is 4.27. The highest BCUT2D eigenvalue weighted by Crippen LogP contribution is 2.30. The van der Waals surface area contributed by atoms with Crippen LogP contribution in [0.2, 0.25) is 0 Å². The highest BCUT2D eigenvalue weighted by Gasteiger charge is 2.19. The Balaban J connectivity index is 1.58. The minimum absolute atomic E-state index is 0.127. The molecule has 1 amide bonds. The van der Waals surface area contributed by atoms with Crippen molar-refractivity contribution in [1.82, 2.24) is 0 Å². The van der Waals surface area contributed by atoms with E-state index in [1.54, 1.807) is 12.1 Å². The Labute approximate surface area is 206 Å². The Bertz CT molecular complexity index is 1210. The molecule has 2 N–H and O–H groups in total. The number of alkyl halides is 4. The van der Waals surface area contributed by atoms with Crippen LogP contribution < -0.4 is 5.32 Å². The van der Waals surface area contributed by atoms with Crippen molar-refractivity contribution in [3.8, 4) is 0 Å². The first-order valence-electron chi connectivity index (χ1n) is 11.6. The van der Waals surface area contributed by atoms with E-state index in [0.29, 0.717) is 35.2 Å². The molecular weight excluding hydrogens is 470 g/mol. The largest absolute Gasteiger partial charge is 0.393 e. The second-order valence-corrected chi connectivity index (χ2v) is 8.61. The minimum atomic E-state index is -2.61. The highest BCUT2D eigenvalue weighted by molar-refractivity contribution is 6.00.